The first kappa shape index (κ1) is 51.6. The Hall–Kier alpha value is 1.00. The quantitative estimate of drug-likeness (QED) is 0.167. The second-order valence-corrected chi connectivity index (χ2v) is 7.07. The number of hydrogen-bond donors (Lipinski definition) is 2. The fraction of sp³-hybridized carbons (Fsp3) is 0.818. The molecular weight excluding hydrogens is 473 g/mol. The number of aliphatic carboxylic acids is 3. The predicted molar refractivity (Wildman–Crippen MR) is 115 cm³/mol. The molecule has 0 aliphatic heterocycles. The maximum atomic E-state index is 11.4. The van der Waals surface area contributed by atoms with Gasteiger partial charge in [-0.1, -0.05) is 71.1 Å². The van der Waals surface area contributed by atoms with Gasteiger partial charge in [0, 0.05) is 30.9 Å². The number of unbranched alkanes of at least 4 members (excludes halogenated alkanes) is 10. The number of carbonyl (C=O) groups excluding carboxylic acids is 4. The van der Waals surface area contributed by atoms with Crippen molar-refractivity contribution in [1.29, 1.82) is 0 Å². The molecule has 0 aromatic heterocycles. The maximum Gasteiger partial charge on any atom is 1.00 e. The summed E-state index contributed by atoms with van der Waals surface area (Å²) in [5.41, 5.74) is 10.9. The fourth-order valence-electron chi connectivity index (χ4n) is 2.28. The fourth-order valence-corrected chi connectivity index (χ4v) is 2.28. The molecule has 186 valence electrons. The van der Waals surface area contributed by atoms with Gasteiger partial charge >= 0.3 is 88.7 Å². The van der Waals surface area contributed by atoms with Crippen molar-refractivity contribution in [1.82, 2.24) is 0 Å². The zero-order valence-corrected chi connectivity index (χ0v) is 28.8. The van der Waals surface area contributed by atoms with Crippen LogP contribution in [0.1, 0.15) is 105 Å². The molecule has 9 nitrogen and oxygen atoms in total. The number of hydrogen-bond acceptors (Lipinski definition) is 9. The van der Waals surface area contributed by atoms with E-state index in [-0.39, 0.29) is 101 Å². The first-order valence-corrected chi connectivity index (χ1v) is 10.9. The zero-order chi connectivity index (χ0) is 25.1. The summed E-state index contributed by atoms with van der Waals surface area (Å²) in [6, 6.07) is -0.442. The van der Waals surface area contributed by atoms with Crippen LogP contribution in [0, 0.1) is 0 Å². The molecule has 0 rings (SSSR count). The molecule has 0 bridgehead atoms. The van der Waals surface area contributed by atoms with Gasteiger partial charge in [0.05, 0.1) is 6.04 Å². The van der Waals surface area contributed by atoms with Crippen LogP contribution in [-0.2, 0) is 19.2 Å². The molecule has 1 unspecified atom stereocenters. The van der Waals surface area contributed by atoms with Crippen LogP contribution in [0.15, 0.2) is 0 Å². The Morgan fingerprint density at radius 2 is 0.853 bits per heavy atom. The summed E-state index contributed by atoms with van der Waals surface area (Å²) in [6.07, 6.45) is 14.9. The van der Waals surface area contributed by atoms with Gasteiger partial charge in [-0.05, 0) is 27.2 Å². The van der Waals surface area contributed by atoms with Gasteiger partial charge in [-0.3, -0.25) is 4.79 Å². The second-order valence-electron chi connectivity index (χ2n) is 7.07. The minimum atomic E-state index is -1.08. The van der Waals surface area contributed by atoms with E-state index in [1.165, 1.54) is 57.8 Å². The van der Waals surface area contributed by atoms with Crippen molar-refractivity contribution >= 4 is 23.7 Å². The normalized spacial score (nSPS) is 9.24. The van der Waals surface area contributed by atoms with Crippen molar-refractivity contribution in [3.63, 3.8) is 0 Å². The van der Waals surface area contributed by atoms with E-state index >= 15 is 0 Å². The van der Waals surface area contributed by atoms with Crippen LogP contribution in [0.4, 0.5) is 0 Å². The topological polar surface area (TPSA) is 190 Å². The molecule has 0 spiro atoms. The molecule has 0 aliphatic rings. The van der Waals surface area contributed by atoms with E-state index < -0.39 is 23.9 Å². The van der Waals surface area contributed by atoms with Gasteiger partial charge in [0.2, 0.25) is 0 Å². The van der Waals surface area contributed by atoms with Gasteiger partial charge in [-0.25, -0.2) is 0 Å². The molecule has 34 heavy (non-hydrogen) atoms. The van der Waals surface area contributed by atoms with E-state index in [0.29, 0.717) is 6.42 Å². The van der Waals surface area contributed by atoms with Gasteiger partial charge in [0.1, 0.15) is 0 Å². The Labute approximate surface area is 272 Å². The molecule has 0 fully saturated rings. The Bertz CT molecular complexity index is 418. The van der Waals surface area contributed by atoms with E-state index in [1.807, 2.05) is 0 Å². The van der Waals surface area contributed by atoms with E-state index in [4.69, 9.17) is 41.2 Å². The molecule has 0 radical (unpaired) electrons. The van der Waals surface area contributed by atoms with Crippen molar-refractivity contribution in [3.8, 4) is 0 Å². The number of Topliss-reactive ketones (excluding diaryl/α,β-unsaturated/α-hetero) is 1. The summed E-state index contributed by atoms with van der Waals surface area (Å²) in [5, 5.41) is 26.7. The van der Waals surface area contributed by atoms with Crippen molar-refractivity contribution in [2.75, 3.05) is 6.54 Å². The zero-order valence-electron chi connectivity index (χ0n) is 22.8. The average Bonchev–Trinajstić information content (AvgIpc) is 2.64. The van der Waals surface area contributed by atoms with Crippen LogP contribution < -0.4 is 115 Å². The summed E-state index contributed by atoms with van der Waals surface area (Å²) in [5.74, 6) is -3.13. The van der Waals surface area contributed by atoms with Crippen LogP contribution in [-0.4, -0.2) is 36.3 Å². The molecule has 0 aliphatic carbocycles. The summed E-state index contributed by atoms with van der Waals surface area (Å²) >= 11 is 0. The SMILES string of the molecule is CC(=O)[O-].CC(=O)[O-].CC(=O)[O-].CCCCCCCCCCCCCC(=O)C(N)CN.[Na+].[Na+].[Na+]. The van der Waals surface area contributed by atoms with Crippen molar-refractivity contribution in [2.45, 2.75) is 111 Å². The van der Waals surface area contributed by atoms with Gasteiger partial charge in [0.15, 0.2) is 5.78 Å². The van der Waals surface area contributed by atoms with Crippen LogP contribution in [0.25, 0.3) is 0 Å². The molecule has 0 heterocycles. The van der Waals surface area contributed by atoms with E-state index in [9.17, 15) is 4.79 Å². The van der Waals surface area contributed by atoms with Crippen LogP contribution >= 0.6 is 0 Å². The van der Waals surface area contributed by atoms with E-state index in [1.54, 1.807) is 0 Å². The Morgan fingerprint density at radius 3 is 1.09 bits per heavy atom. The van der Waals surface area contributed by atoms with E-state index in [0.717, 1.165) is 33.6 Å². The second kappa shape index (κ2) is 44.0. The van der Waals surface area contributed by atoms with Crippen LogP contribution in [0.2, 0.25) is 0 Å². The molecule has 12 heteroatoms. The smallest absolute Gasteiger partial charge is 0.550 e. The number of carbonyl (C=O) groups is 4. The predicted octanol–water partition coefficient (Wildman–Crippen LogP) is -9.18. The summed E-state index contributed by atoms with van der Waals surface area (Å²) in [7, 11) is 0. The molecule has 0 aromatic carbocycles. The Kier molecular flexibility index (Phi) is 66.8. The number of nitrogens with two attached hydrogens (primary N) is 2. The van der Waals surface area contributed by atoms with Crippen LogP contribution in [0.5, 0.6) is 0 Å². The van der Waals surface area contributed by atoms with E-state index in [2.05, 4.69) is 6.92 Å². The standard InChI is InChI=1S/C16H34N2O.3C2H4O2.3Na/c1-2-3-4-5-6-7-8-9-10-11-12-13-16(19)15(18)14-17;3*1-2(3)4;;;/h15H,2-14,17-18H2,1H3;3*1H3,(H,3,4);;;/q;;;;3*+1/p-3. The van der Waals surface area contributed by atoms with Gasteiger partial charge in [0.25, 0.3) is 0 Å². The first-order valence-electron chi connectivity index (χ1n) is 10.9. The molecule has 0 amide bonds. The Morgan fingerprint density at radius 1 is 0.618 bits per heavy atom. The number of ketones is 1. The van der Waals surface area contributed by atoms with Crippen molar-refractivity contribution in [2.24, 2.45) is 11.5 Å². The van der Waals surface area contributed by atoms with Gasteiger partial charge < -0.3 is 41.2 Å². The third-order valence-electron chi connectivity index (χ3n) is 3.69. The number of carboxylic acid groups (broad SMARTS) is 3. The largest absolute Gasteiger partial charge is 1.00 e. The summed E-state index contributed by atoms with van der Waals surface area (Å²) in [6.45, 7) is 5.45. The minimum absolute atomic E-state index is 0. The van der Waals surface area contributed by atoms with Gasteiger partial charge in [-0.2, -0.15) is 0 Å². The average molecular weight is 517 g/mol. The first-order chi connectivity index (χ1) is 14.4. The molecular formula is C22H43N2Na3O7. The summed E-state index contributed by atoms with van der Waals surface area (Å²) in [4.78, 5) is 38.1. The molecule has 1 atom stereocenters. The number of rotatable bonds is 14. The monoisotopic (exact) mass is 516 g/mol. The molecule has 4 N–H and O–H groups in total. The third kappa shape index (κ3) is 84.5. The molecule has 0 saturated carbocycles. The van der Waals surface area contributed by atoms with Crippen LogP contribution in [0.3, 0.4) is 0 Å². The third-order valence-corrected chi connectivity index (χ3v) is 3.69. The molecule has 0 saturated heterocycles. The Balaban J connectivity index is -0.0000000810. The van der Waals surface area contributed by atoms with Gasteiger partial charge in [-0.15, -0.1) is 0 Å². The van der Waals surface area contributed by atoms with Crippen molar-refractivity contribution in [3.05, 3.63) is 0 Å². The molecule has 0 aromatic rings. The van der Waals surface area contributed by atoms with Crippen molar-refractivity contribution < 1.29 is 123 Å². The minimum Gasteiger partial charge on any atom is -0.550 e. The maximum absolute atomic E-state index is 11.4. The number of carboxylic acids is 3. The summed E-state index contributed by atoms with van der Waals surface area (Å²) < 4.78 is 0.